The molecule has 11 nitrogen and oxygen atoms in total. The molecule has 41 heavy (non-hydrogen) atoms. The number of thiazole rings is 1. The van der Waals surface area contributed by atoms with E-state index in [1.807, 2.05) is 6.92 Å². The van der Waals surface area contributed by atoms with Crippen molar-refractivity contribution in [3.8, 4) is 0 Å². The van der Waals surface area contributed by atoms with Gasteiger partial charge in [-0.25, -0.2) is 18.2 Å². The Balaban J connectivity index is 1.16. The number of amides is 1. The number of esters is 2. The molecule has 1 N–H and O–H groups in total. The maximum atomic E-state index is 13.6. The van der Waals surface area contributed by atoms with E-state index in [-0.39, 0.29) is 28.5 Å². The zero-order valence-electron chi connectivity index (χ0n) is 23.1. The molecule has 4 bridgehead atoms. The third-order valence-electron chi connectivity index (χ3n) is 10.0. The first-order chi connectivity index (χ1) is 19.4. The highest BCUT2D eigenvalue weighted by Crippen LogP contribution is 2.60. The van der Waals surface area contributed by atoms with Crippen LogP contribution in [-0.2, 0) is 33.7 Å². The average Bonchev–Trinajstić information content (AvgIpc) is 3.52. The largest absolute Gasteiger partial charge is 0.427 e. The summed E-state index contributed by atoms with van der Waals surface area (Å²) in [4.78, 5) is 46.3. The zero-order chi connectivity index (χ0) is 29.0. The number of β-lactam (4-membered cyclic amide) rings is 1. The molecule has 0 aromatic carbocycles. The third-order valence-corrected chi connectivity index (χ3v) is 12.3. The van der Waals surface area contributed by atoms with E-state index in [9.17, 15) is 27.9 Å². The minimum atomic E-state index is -3.59. The van der Waals surface area contributed by atoms with Gasteiger partial charge in [0.05, 0.1) is 28.4 Å². The number of fused-ring (bicyclic) bond motifs is 2. The molecule has 1 amide bonds. The highest BCUT2D eigenvalue weighted by Gasteiger charge is 2.61. The first-order valence-electron chi connectivity index (χ1n) is 14.1. The molecule has 0 radical (unpaired) electrons. The molecule has 13 heteroatoms. The Labute approximate surface area is 241 Å². The molecule has 0 spiro atoms. The van der Waals surface area contributed by atoms with Gasteiger partial charge in [0.1, 0.15) is 16.9 Å². The number of imidazole rings is 1. The smallest absolute Gasteiger partial charge is 0.358 e. The van der Waals surface area contributed by atoms with Crippen LogP contribution < -0.4 is 0 Å². The number of rotatable bonds is 7. The number of hydrogen-bond acceptors (Lipinski definition) is 10. The number of aliphatic hydroxyl groups is 1. The van der Waals surface area contributed by atoms with Crippen LogP contribution in [0.3, 0.4) is 0 Å². The Hall–Kier alpha value is -2.77. The SMILES string of the molecule is C[C@@H](O)[C@H]1C(=O)N2C(C(=O)OCOC(=O)C34CC5CC(CC(C5)C3)C4)=C(c3cn4cnc(S(C)(=O)=O)c4s3)[C@H](C)[C@H]12. The fourth-order valence-electron chi connectivity index (χ4n) is 8.76. The Kier molecular flexibility index (Phi) is 6.02. The highest BCUT2D eigenvalue weighted by molar-refractivity contribution is 7.91. The third kappa shape index (κ3) is 4.02. The number of carbonyl (C=O) groups is 3. The van der Waals surface area contributed by atoms with Gasteiger partial charge in [0.15, 0.2) is 14.9 Å². The first kappa shape index (κ1) is 27.1. The van der Waals surface area contributed by atoms with Gasteiger partial charge >= 0.3 is 11.9 Å². The lowest BCUT2D eigenvalue weighted by molar-refractivity contribution is -0.186. The van der Waals surface area contributed by atoms with Crippen LogP contribution in [0.25, 0.3) is 10.4 Å². The van der Waals surface area contributed by atoms with E-state index in [0.29, 0.717) is 33.0 Å². The molecule has 2 aromatic rings. The van der Waals surface area contributed by atoms with Crippen LogP contribution in [0.4, 0.5) is 0 Å². The van der Waals surface area contributed by atoms with Crippen LogP contribution in [0, 0.1) is 35.0 Å². The van der Waals surface area contributed by atoms with Crippen molar-refractivity contribution >= 4 is 49.4 Å². The van der Waals surface area contributed by atoms with Gasteiger partial charge < -0.3 is 19.5 Å². The lowest BCUT2D eigenvalue weighted by Gasteiger charge is -2.55. The number of ether oxygens (including phenoxy) is 2. The van der Waals surface area contributed by atoms with Gasteiger partial charge in [0, 0.05) is 23.9 Å². The molecule has 2 aliphatic heterocycles. The molecule has 2 aromatic heterocycles. The first-order valence-corrected chi connectivity index (χ1v) is 16.9. The predicted molar refractivity (Wildman–Crippen MR) is 146 cm³/mol. The lowest BCUT2D eigenvalue weighted by atomic mass is 9.49. The number of sulfone groups is 1. The number of carbonyl (C=O) groups excluding carboxylic acids is 3. The van der Waals surface area contributed by atoms with Crippen LogP contribution >= 0.6 is 11.3 Å². The van der Waals surface area contributed by atoms with Gasteiger partial charge in [-0.15, -0.1) is 11.3 Å². The monoisotopic (exact) mass is 603 g/mol. The van der Waals surface area contributed by atoms with E-state index in [1.165, 1.54) is 30.5 Å². The highest BCUT2D eigenvalue weighted by atomic mass is 32.2. The summed E-state index contributed by atoms with van der Waals surface area (Å²) in [6.07, 6.45) is 9.31. The Bertz CT molecular complexity index is 1580. The molecule has 220 valence electrons. The topological polar surface area (TPSA) is 145 Å². The van der Waals surface area contributed by atoms with Crippen molar-refractivity contribution in [3.63, 3.8) is 0 Å². The van der Waals surface area contributed by atoms with Crippen molar-refractivity contribution in [2.75, 3.05) is 13.0 Å². The average molecular weight is 604 g/mol. The fourth-order valence-corrected chi connectivity index (χ4v) is 11.1. The molecule has 4 aliphatic carbocycles. The van der Waals surface area contributed by atoms with Crippen LogP contribution in [0.5, 0.6) is 0 Å². The Morgan fingerprint density at radius 3 is 2.39 bits per heavy atom. The van der Waals surface area contributed by atoms with Gasteiger partial charge in [-0.05, 0) is 63.2 Å². The number of aromatic nitrogens is 2. The van der Waals surface area contributed by atoms with Crippen LogP contribution in [0.1, 0.15) is 57.2 Å². The quantitative estimate of drug-likeness (QED) is 0.287. The van der Waals surface area contributed by atoms with Gasteiger partial charge in [-0.3, -0.25) is 14.0 Å². The van der Waals surface area contributed by atoms with Crippen molar-refractivity contribution in [1.29, 1.82) is 0 Å². The van der Waals surface area contributed by atoms with E-state index < -0.39 is 46.1 Å². The second-order valence-corrected chi connectivity index (χ2v) is 15.8. The molecule has 4 atom stereocenters. The summed E-state index contributed by atoms with van der Waals surface area (Å²) < 4.78 is 37.1. The molecular formula is C28H33N3O8S2. The lowest BCUT2D eigenvalue weighted by Crippen LogP contribution is -2.63. The summed E-state index contributed by atoms with van der Waals surface area (Å²) in [7, 11) is -3.59. The molecule has 1 saturated heterocycles. The van der Waals surface area contributed by atoms with Crippen molar-refractivity contribution in [3.05, 3.63) is 23.1 Å². The minimum Gasteiger partial charge on any atom is -0.427 e. The van der Waals surface area contributed by atoms with E-state index in [2.05, 4.69) is 4.98 Å². The van der Waals surface area contributed by atoms with Crippen LogP contribution in [0.15, 0.2) is 23.2 Å². The van der Waals surface area contributed by atoms with E-state index in [0.717, 1.165) is 36.9 Å². The zero-order valence-corrected chi connectivity index (χ0v) is 24.7. The van der Waals surface area contributed by atoms with Crippen LogP contribution in [0.2, 0.25) is 0 Å². The van der Waals surface area contributed by atoms with Crippen molar-refractivity contribution in [1.82, 2.24) is 14.3 Å². The second kappa shape index (κ2) is 9.11. The van der Waals surface area contributed by atoms with E-state index in [4.69, 9.17) is 9.47 Å². The number of hydrogen-bond donors (Lipinski definition) is 1. The molecule has 5 fully saturated rings. The summed E-state index contributed by atoms with van der Waals surface area (Å²) in [6, 6.07) is -0.455. The standard InChI is InChI=1S/C28H33N3O8S2/c1-13-19(18-10-30-11-29-23(25(30)40-18)41(3,36)37)22(31-21(13)20(14(2)32)24(31)33)26(34)38-12-39-27(35)28-7-15-4-16(8-28)6-17(5-15)9-28/h10-11,13-17,20-21,32H,4-9,12H2,1-3H3/t13-,14+,15?,16?,17?,20+,21+,28?/m0/s1. The summed E-state index contributed by atoms with van der Waals surface area (Å²) in [5.74, 6) is -0.820. The Morgan fingerprint density at radius 2 is 1.80 bits per heavy atom. The molecule has 0 unspecified atom stereocenters. The number of nitrogens with zero attached hydrogens (tertiary/aromatic N) is 3. The summed E-state index contributed by atoms with van der Waals surface area (Å²) in [5, 5.41) is 10.2. The van der Waals surface area contributed by atoms with Gasteiger partial charge in [0.2, 0.25) is 12.7 Å². The molecule has 6 aliphatic rings. The maximum Gasteiger partial charge on any atom is 0.358 e. The fraction of sp³-hybridized carbons (Fsp3) is 0.643. The maximum absolute atomic E-state index is 13.6. The molecule has 4 saturated carbocycles. The Morgan fingerprint density at radius 1 is 1.17 bits per heavy atom. The normalized spacial score (nSPS) is 34.6. The molecule has 8 rings (SSSR count). The second-order valence-electron chi connectivity index (χ2n) is 12.8. The summed E-state index contributed by atoms with van der Waals surface area (Å²) in [6.45, 7) is 2.87. The minimum absolute atomic E-state index is 0.0358. The summed E-state index contributed by atoms with van der Waals surface area (Å²) >= 11 is 1.15. The van der Waals surface area contributed by atoms with Crippen molar-refractivity contribution in [2.45, 2.75) is 69.5 Å². The van der Waals surface area contributed by atoms with E-state index >= 15 is 0 Å². The van der Waals surface area contributed by atoms with E-state index in [1.54, 1.807) is 17.5 Å². The molecular weight excluding hydrogens is 570 g/mol. The predicted octanol–water partition coefficient (Wildman–Crippen LogP) is 2.63. The van der Waals surface area contributed by atoms with Crippen molar-refractivity contribution < 1.29 is 37.4 Å². The summed E-state index contributed by atoms with van der Waals surface area (Å²) in [5.41, 5.74) is 0.0753. The number of aliphatic hydroxyl groups excluding tert-OH is 1. The molecule has 4 heterocycles. The van der Waals surface area contributed by atoms with Gasteiger partial charge in [0.25, 0.3) is 0 Å². The van der Waals surface area contributed by atoms with Crippen LogP contribution in [-0.4, -0.2) is 70.8 Å². The van der Waals surface area contributed by atoms with Crippen molar-refractivity contribution in [2.24, 2.45) is 35.0 Å². The van der Waals surface area contributed by atoms with Gasteiger partial charge in [-0.2, -0.15) is 0 Å². The van der Waals surface area contributed by atoms with Gasteiger partial charge in [-0.1, -0.05) is 6.92 Å².